The van der Waals surface area contributed by atoms with Crippen LogP contribution in [0.25, 0.3) is 0 Å². The van der Waals surface area contributed by atoms with Crippen LogP contribution >= 0.6 is 11.3 Å². The van der Waals surface area contributed by atoms with Crippen LogP contribution in [-0.2, 0) is 11.2 Å². The van der Waals surface area contributed by atoms with Crippen LogP contribution in [-0.4, -0.2) is 67.0 Å². The van der Waals surface area contributed by atoms with Crippen LogP contribution in [0.2, 0.25) is 0 Å². The minimum absolute atomic E-state index is 0.00470. The van der Waals surface area contributed by atoms with Crippen molar-refractivity contribution in [1.29, 1.82) is 0 Å². The molecule has 1 saturated heterocycles. The molecule has 3 heterocycles. The Morgan fingerprint density at radius 1 is 1.14 bits per heavy atom. The monoisotopic (exact) mass is 399 g/mol. The summed E-state index contributed by atoms with van der Waals surface area (Å²) in [5.41, 5.74) is 1.20. The molecule has 0 bridgehead atoms. The van der Waals surface area contributed by atoms with E-state index in [2.05, 4.69) is 16.3 Å². The lowest BCUT2D eigenvalue weighted by Crippen LogP contribution is -2.51. The Morgan fingerprint density at radius 3 is 2.64 bits per heavy atom. The van der Waals surface area contributed by atoms with Gasteiger partial charge in [-0.2, -0.15) is 0 Å². The van der Waals surface area contributed by atoms with E-state index in [1.807, 2.05) is 42.2 Å². The van der Waals surface area contributed by atoms with Crippen LogP contribution in [0.3, 0.4) is 0 Å². The smallest absolute Gasteiger partial charge is 0.264 e. The Balaban J connectivity index is 1.18. The van der Waals surface area contributed by atoms with Gasteiger partial charge < -0.3 is 15.0 Å². The van der Waals surface area contributed by atoms with Gasteiger partial charge in [-0.05, 0) is 30.7 Å². The molecule has 6 nitrogen and oxygen atoms in total. The fourth-order valence-electron chi connectivity index (χ4n) is 3.67. The molecule has 2 aromatic rings. The topological polar surface area (TPSA) is 61.9 Å². The first-order valence-corrected chi connectivity index (χ1v) is 10.5. The predicted molar refractivity (Wildman–Crippen MR) is 109 cm³/mol. The van der Waals surface area contributed by atoms with Gasteiger partial charge in [0.15, 0.2) is 0 Å². The molecule has 148 valence electrons. The van der Waals surface area contributed by atoms with Crippen LogP contribution in [0.5, 0.6) is 5.75 Å². The van der Waals surface area contributed by atoms with Crippen LogP contribution in [0.15, 0.2) is 36.4 Å². The number of ether oxygens (including phenoxy) is 1. The van der Waals surface area contributed by atoms with Crippen molar-refractivity contribution in [3.63, 3.8) is 0 Å². The maximum absolute atomic E-state index is 12.5. The summed E-state index contributed by atoms with van der Waals surface area (Å²) in [6, 6.07) is 11.9. The Bertz CT molecular complexity index is 833. The number of nitrogens with one attached hydrogen (secondary N) is 1. The van der Waals surface area contributed by atoms with E-state index in [-0.39, 0.29) is 17.9 Å². The number of nitrogens with zero attached hydrogens (tertiary/aromatic N) is 2. The van der Waals surface area contributed by atoms with Crippen molar-refractivity contribution in [2.24, 2.45) is 0 Å². The third-order valence-electron chi connectivity index (χ3n) is 5.22. The van der Waals surface area contributed by atoms with Gasteiger partial charge in [0.2, 0.25) is 5.91 Å². The highest BCUT2D eigenvalue weighted by molar-refractivity contribution is 7.13. The van der Waals surface area contributed by atoms with Gasteiger partial charge in [0.1, 0.15) is 11.9 Å². The highest BCUT2D eigenvalue weighted by Crippen LogP contribution is 2.27. The van der Waals surface area contributed by atoms with Gasteiger partial charge in [-0.25, -0.2) is 0 Å². The van der Waals surface area contributed by atoms with Gasteiger partial charge >= 0.3 is 0 Å². The number of hydrogen-bond acceptors (Lipinski definition) is 5. The van der Waals surface area contributed by atoms with E-state index in [1.54, 1.807) is 0 Å². The number of amides is 2. The number of piperazine rings is 1. The Kier molecular flexibility index (Phi) is 5.64. The number of rotatable bonds is 5. The van der Waals surface area contributed by atoms with Crippen LogP contribution in [0.4, 0.5) is 0 Å². The molecule has 28 heavy (non-hydrogen) atoms. The number of aryl methyl sites for hydroxylation is 1. The zero-order chi connectivity index (χ0) is 19.5. The SMILES string of the molecule is Cc1ccc(C(=O)N2CCN(CC(=O)NCC3Cc4ccccc4O3)CC2)s1. The molecule has 2 aliphatic rings. The summed E-state index contributed by atoms with van der Waals surface area (Å²) in [5, 5.41) is 2.98. The first kappa shape index (κ1) is 19.0. The lowest BCUT2D eigenvalue weighted by atomic mass is 10.1. The van der Waals surface area contributed by atoms with Gasteiger partial charge in [-0.1, -0.05) is 18.2 Å². The number of para-hydroxylation sites is 1. The lowest BCUT2D eigenvalue weighted by Gasteiger charge is -2.34. The largest absolute Gasteiger partial charge is 0.488 e. The molecule has 1 unspecified atom stereocenters. The minimum Gasteiger partial charge on any atom is -0.488 e. The maximum atomic E-state index is 12.5. The summed E-state index contributed by atoms with van der Waals surface area (Å²) < 4.78 is 5.86. The number of carbonyl (C=O) groups excluding carboxylic acids is 2. The minimum atomic E-state index is 0.00470. The molecule has 0 radical (unpaired) electrons. The molecular formula is C21H25N3O3S. The van der Waals surface area contributed by atoms with E-state index in [9.17, 15) is 9.59 Å². The van der Waals surface area contributed by atoms with E-state index < -0.39 is 0 Å². The van der Waals surface area contributed by atoms with E-state index >= 15 is 0 Å². The van der Waals surface area contributed by atoms with Crippen molar-refractivity contribution in [2.75, 3.05) is 39.3 Å². The number of thiophene rings is 1. The first-order valence-electron chi connectivity index (χ1n) is 9.68. The van der Waals surface area contributed by atoms with Gasteiger partial charge in [0.05, 0.1) is 18.0 Å². The maximum Gasteiger partial charge on any atom is 0.264 e. The third kappa shape index (κ3) is 4.36. The van der Waals surface area contributed by atoms with Crippen LogP contribution in [0.1, 0.15) is 20.1 Å². The fourth-order valence-corrected chi connectivity index (χ4v) is 4.50. The van der Waals surface area contributed by atoms with E-state index in [1.165, 1.54) is 16.9 Å². The van der Waals surface area contributed by atoms with E-state index in [0.29, 0.717) is 26.2 Å². The molecule has 1 aromatic carbocycles. The van der Waals surface area contributed by atoms with Gasteiger partial charge in [-0.3, -0.25) is 14.5 Å². The van der Waals surface area contributed by atoms with E-state index in [0.717, 1.165) is 35.0 Å². The second kappa shape index (κ2) is 8.32. The Morgan fingerprint density at radius 2 is 1.93 bits per heavy atom. The summed E-state index contributed by atoms with van der Waals surface area (Å²) in [5.74, 6) is 1.02. The predicted octanol–water partition coefficient (Wildman–Crippen LogP) is 1.93. The van der Waals surface area contributed by atoms with Crippen molar-refractivity contribution in [2.45, 2.75) is 19.4 Å². The van der Waals surface area contributed by atoms with Crippen molar-refractivity contribution in [1.82, 2.24) is 15.1 Å². The number of fused-ring (bicyclic) bond motifs is 1. The molecule has 0 aliphatic carbocycles. The third-order valence-corrected chi connectivity index (χ3v) is 6.21. The highest BCUT2D eigenvalue weighted by atomic mass is 32.1. The van der Waals surface area contributed by atoms with Gasteiger partial charge in [0.25, 0.3) is 5.91 Å². The Labute approximate surface area is 169 Å². The molecule has 4 rings (SSSR count). The first-order chi connectivity index (χ1) is 13.6. The molecule has 1 fully saturated rings. The molecule has 1 atom stereocenters. The fraction of sp³-hybridized carbons (Fsp3) is 0.429. The van der Waals surface area contributed by atoms with Crippen molar-refractivity contribution in [3.8, 4) is 5.75 Å². The standard InChI is InChI=1S/C21H25N3O3S/c1-15-6-7-19(28-15)21(26)24-10-8-23(9-11-24)14-20(25)22-13-17-12-16-4-2-3-5-18(16)27-17/h2-7,17H,8-14H2,1H3,(H,22,25). The zero-order valence-electron chi connectivity index (χ0n) is 16.0. The highest BCUT2D eigenvalue weighted by Gasteiger charge is 2.25. The van der Waals surface area contributed by atoms with Gasteiger partial charge in [-0.15, -0.1) is 11.3 Å². The molecule has 7 heteroatoms. The summed E-state index contributed by atoms with van der Waals surface area (Å²) in [6.07, 6.45) is 0.837. The number of benzene rings is 1. The van der Waals surface area contributed by atoms with E-state index in [4.69, 9.17) is 4.74 Å². The molecule has 2 aliphatic heterocycles. The summed E-state index contributed by atoms with van der Waals surface area (Å²) in [7, 11) is 0. The van der Waals surface area contributed by atoms with Crippen molar-refractivity contribution >= 4 is 23.2 Å². The summed E-state index contributed by atoms with van der Waals surface area (Å²) in [6.45, 7) is 5.63. The Hall–Kier alpha value is -2.38. The molecular weight excluding hydrogens is 374 g/mol. The zero-order valence-corrected chi connectivity index (χ0v) is 16.8. The molecule has 2 amide bonds. The summed E-state index contributed by atoms with van der Waals surface area (Å²) in [4.78, 5) is 30.7. The van der Waals surface area contributed by atoms with Crippen LogP contribution < -0.4 is 10.1 Å². The van der Waals surface area contributed by atoms with Crippen molar-refractivity contribution in [3.05, 3.63) is 51.7 Å². The lowest BCUT2D eigenvalue weighted by molar-refractivity contribution is -0.122. The number of carbonyl (C=O) groups is 2. The molecule has 0 spiro atoms. The van der Waals surface area contributed by atoms with Crippen LogP contribution in [0, 0.1) is 6.92 Å². The summed E-state index contributed by atoms with van der Waals surface area (Å²) >= 11 is 1.53. The quantitative estimate of drug-likeness (QED) is 0.835. The van der Waals surface area contributed by atoms with Gasteiger partial charge in [0, 0.05) is 37.5 Å². The molecule has 1 N–H and O–H groups in total. The average molecular weight is 400 g/mol. The normalized spacial score (nSPS) is 19.2. The molecule has 0 saturated carbocycles. The molecule has 1 aromatic heterocycles. The average Bonchev–Trinajstić information content (AvgIpc) is 3.32. The van der Waals surface area contributed by atoms with Crippen molar-refractivity contribution < 1.29 is 14.3 Å². The second-order valence-electron chi connectivity index (χ2n) is 7.33. The second-order valence-corrected chi connectivity index (χ2v) is 8.62. The number of hydrogen-bond donors (Lipinski definition) is 1.